The highest BCUT2D eigenvalue weighted by Gasteiger charge is 2.09. The van der Waals surface area contributed by atoms with Gasteiger partial charge < -0.3 is 4.74 Å². The van der Waals surface area contributed by atoms with Crippen LogP contribution < -0.4 is 4.74 Å². The Morgan fingerprint density at radius 3 is 2.71 bits per heavy atom. The molecule has 0 unspecified atom stereocenters. The van der Waals surface area contributed by atoms with E-state index in [1.807, 2.05) is 12.1 Å². The summed E-state index contributed by atoms with van der Waals surface area (Å²) in [6.07, 6.45) is 4.84. The molecule has 0 aliphatic heterocycles. The number of nitrogens with zero attached hydrogens (tertiary/aromatic N) is 2. The third-order valence-corrected chi connectivity index (χ3v) is 2.84. The van der Waals surface area contributed by atoms with Crippen LogP contribution in [-0.4, -0.2) is 9.97 Å². The van der Waals surface area contributed by atoms with Gasteiger partial charge in [-0.05, 0) is 29.7 Å². The Kier molecular flexibility index (Phi) is 3.74. The maximum Gasteiger partial charge on any atom is 0.237 e. The van der Waals surface area contributed by atoms with Gasteiger partial charge in [-0.25, -0.2) is 4.98 Å². The van der Waals surface area contributed by atoms with Crippen molar-refractivity contribution in [3.8, 4) is 11.6 Å². The molecule has 1 heterocycles. The first-order chi connectivity index (χ1) is 8.16. The summed E-state index contributed by atoms with van der Waals surface area (Å²) in [7, 11) is 0. The molecule has 2 aromatic rings. The second-order valence-electron chi connectivity index (χ2n) is 3.98. The maximum atomic E-state index is 5.73. The van der Waals surface area contributed by atoms with Gasteiger partial charge in [0.1, 0.15) is 5.75 Å². The van der Waals surface area contributed by atoms with Gasteiger partial charge in [0.05, 0.1) is 6.20 Å². The molecule has 0 radical (unpaired) electrons. The smallest absolute Gasteiger partial charge is 0.237 e. The zero-order valence-corrected chi connectivity index (χ0v) is 11.3. The van der Waals surface area contributed by atoms with Gasteiger partial charge in [0.15, 0.2) is 0 Å². The molecule has 1 aromatic carbocycles. The average Bonchev–Trinajstić information content (AvgIpc) is 2.32. The molecule has 0 saturated heterocycles. The topological polar surface area (TPSA) is 35.0 Å². The van der Waals surface area contributed by atoms with Crippen molar-refractivity contribution in [1.29, 1.82) is 0 Å². The Morgan fingerprint density at radius 1 is 1.24 bits per heavy atom. The lowest BCUT2D eigenvalue weighted by atomic mass is 10.0. The van der Waals surface area contributed by atoms with E-state index in [0.717, 1.165) is 15.8 Å². The second kappa shape index (κ2) is 5.27. The quantitative estimate of drug-likeness (QED) is 0.852. The standard InChI is InChI=1S/C13H13BrN2O/c1-9(2)11-7-10(14)3-4-12(11)17-13-8-15-5-6-16-13/h3-9H,1-2H3. The Bertz CT molecular complexity index is 500. The number of halogens is 1. The van der Waals surface area contributed by atoms with Gasteiger partial charge in [0.2, 0.25) is 5.88 Å². The zero-order valence-electron chi connectivity index (χ0n) is 9.72. The second-order valence-corrected chi connectivity index (χ2v) is 4.90. The first-order valence-electron chi connectivity index (χ1n) is 5.40. The molecule has 0 saturated carbocycles. The van der Waals surface area contributed by atoms with Gasteiger partial charge in [0.25, 0.3) is 0 Å². The first kappa shape index (κ1) is 12.0. The average molecular weight is 293 g/mol. The highest BCUT2D eigenvalue weighted by atomic mass is 79.9. The van der Waals surface area contributed by atoms with E-state index in [1.54, 1.807) is 18.6 Å². The number of benzene rings is 1. The number of hydrogen-bond donors (Lipinski definition) is 0. The molecule has 0 spiro atoms. The minimum absolute atomic E-state index is 0.388. The van der Waals surface area contributed by atoms with E-state index >= 15 is 0 Å². The van der Waals surface area contributed by atoms with E-state index in [9.17, 15) is 0 Å². The van der Waals surface area contributed by atoms with Crippen LogP contribution in [0.25, 0.3) is 0 Å². The van der Waals surface area contributed by atoms with Crippen LogP contribution in [-0.2, 0) is 0 Å². The van der Waals surface area contributed by atoms with E-state index in [2.05, 4.69) is 45.8 Å². The predicted molar refractivity (Wildman–Crippen MR) is 70.3 cm³/mol. The van der Waals surface area contributed by atoms with Crippen LogP contribution in [0, 0.1) is 0 Å². The molecule has 88 valence electrons. The van der Waals surface area contributed by atoms with Crippen LogP contribution in [0.2, 0.25) is 0 Å². The fourth-order valence-corrected chi connectivity index (χ4v) is 1.89. The van der Waals surface area contributed by atoms with Gasteiger partial charge in [-0.15, -0.1) is 0 Å². The van der Waals surface area contributed by atoms with Crippen molar-refractivity contribution in [2.45, 2.75) is 19.8 Å². The first-order valence-corrected chi connectivity index (χ1v) is 6.19. The SMILES string of the molecule is CC(C)c1cc(Br)ccc1Oc1cnccn1. The summed E-state index contributed by atoms with van der Waals surface area (Å²) in [6.45, 7) is 4.26. The molecule has 0 atom stereocenters. The summed E-state index contributed by atoms with van der Waals surface area (Å²) < 4.78 is 6.78. The highest BCUT2D eigenvalue weighted by Crippen LogP contribution is 2.31. The lowest BCUT2D eigenvalue weighted by molar-refractivity contribution is 0.451. The molecule has 2 rings (SSSR count). The number of hydrogen-bond acceptors (Lipinski definition) is 3. The molecule has 1 aromatic heterocycles. The van der Waals surface area contributed by atoms with Crippen LogP contribution in [0.3, 0.4) is 0 Å². The van der Waals surface area contributed by atoms with Crippen molar-refractivity contribution in [1.82, 2.24) is 9.97 Å². The summed E-state index contributed by atoms with van der Waals surface area (Å²) >= 11 is 3.47. The van der Waals surface area contributed by atoms with E-state index < -0.39 is 0 Å². The van der Waals surface area contributed by atoms with Crippen LogP contribution in [0.15, 0.2) is 41.3 Å². The number of ether oxygens (including phenoxy) is 1. The normalized spacial score (nSPS) is 10.6. The largest absolute Gasteiger partial charge is 0.437 e. The lowest BCUT2D eigenvalue weighted by Crippen LogP contribution is -1.95. The maximum absolute atomic E-state index is 5.73. The van der Waals surface area contributed by atoms with Crippen molar-refractivity contribution >= 4 is 15.9 Å². The lowest BCUT2D eigenvalue weighted by Gasteiger charge is -2.13. The fraction of sp³-hybridized carbons (Fsp3) is 0.231. The zero-order chi connectivity index (χ0) is 12.3. The van der Waals surface area contributed by atoms with Crippen molar-refractivity contribution < 1.29 is 4.74 Å². The van der Waals surface area contributed by atoms with Crippen molar-refractivity contribution in [3.63, 3.8) is 0 Å². The Hall–Kier alpha value is -1.42. The minimum atomic E-state index is 0.388. The Morgan fingerprint density at radius 2 is 2.06 bits per heavy atom. The summed E-state index contributed by atoms with van der Waals surface area (Å²) in [5.41, 5.74) is 1.14. The monoisotopic (exact) mass is 292 g/mol. The summed E-state index contributed by atoms with van der Waals surface area (Å²) in [4.78, 5) is 8.08. The molecular formula is C13H13BrN2O. The molecule has 0 bridgehead atoms. The van der Waals surface area contributed by atoms with Crippen LogP contribution in [0.4, 0.5) is 0 Å². The van der Waals surface area contributed by atoms with Crippen molar-refractivity contribution in [3.05, 3.63) is 46.8 Å². The third kappa shape index (κ3) is 3.03. The molecule has 3 nitrogen and oxygen atoms in total. The Labute approximate surface area is 109 Å². The predicted octanol–water partition coefficient (Wildman–Crippen LogP) is 4.15. The van der Waals surface area contributed by atoms with Gasteiger partial charge in [0, 0.05) is 16.9 Å². The molecule has 0 aliphatic carbocycles. The minimum Gasteiger partial charge on any atom is -0.437 e. The van der Waals surface area contributed by atoms with E-state index in [0.29, 0.717) is 11.8 Å². The van der Waals surface area contributed by atoms with Crippen LogP contribution >= 0.6 is 15.9 Å². The highest BCUT2D eigenvalue weighted by molar-refractivity contribution is 9.10. The van der Waals surface area contributed by atoms with Gasteiger partial charge >= 0.3 is 0 Å². The molecule has 0 fully saturated rings. The fourth-order valence-electron chi connectivity index (χ4n) is 1.51. The van der Waals surface area contributed by atoms with E-state index in [-0.39, 0.29) is 0 Å². The molecule has 17 heavy (non-hydrogen) atoms. The van der Waals surface area contributed by atoms with E-state index in [4.69, 9.17) is 4.74 Å². The van der Waals surface area contributed by atoms with Crippen molar-refractivity contribution in [2.24, 2.45) is 0 Å². The molecule has 0 amide bonds. The molecule has 0 N–H and O–H groups in total. The summed E-state index contributed by atoms with van der Waals surface area (Å²) in [5, 5.41) is 0. The van der Waals surface area contributed by atoms with Crippen LogP contribution in [0.1, 0.15) is 25.3 Å². The summed E-state index contributed by atoms with van der Waals surface area (Å²) in [5.74, 6) is 1.72. The molecular weight excluding hydrogens is 280 g/mol. The van der Waals surface area contributed by atoms with Crippen molar-refractivity contribution in [2.75, 3.05) is 0 Å². The summed E-state index contributed by atoms with van der Waals surface area (Å²) in [6, 6.07) is 5.96. The van der Waals surface area contributed by atoms with Gasteiger partial charge in [-0.3, -0.25) is 4.98 Å². The van der Waals surface area contributed by atoms with Crippen LogP contribution in [0.5, 0.6) is 11.6 Å². The van der Waals surface area contributed by atoms with Gasteiger partial charge in [-0.2, -0.15) is 0 Å². The number of aromatic nitrogens is 2. The molecule has 0 aliphatic rings. The molecule has 4 heteroatoms. The Balaban J connectivity index is 2.33. The van der Waals surface area contributed by atoms with Gasteiger partial charge in [-0.1, -0.05) is 29.8 Å². The van der Waals surface area contributed by atoms with E-state index in [1.165, 1.54) is 0 Å². The number of rotatable bonds is 3. The third-order valence-electron chi connectivity index (χ3n) is 2.35.